The number of carbonyl (C=O) groups is 1. The Hall–Kier alpha value is -0.360. The Labute approximate surface area is 123 Å². The van der Waals surface area contributed by atoms with Gasteiger partial charge in [-0.15, -0.1) is 36.2 Å². The number of likely N-dealkylation sites (tertiary alicyclic amines) is 1. The molecule has 0 radical (unpaired) electrons. The zero-order valence-corrected chi connectivity index (χ0v) is 12.4. The summed E-state index contributed by atoms with van der Waals surface area (Å²) in [5.41, 5.74) is 2.68. The molecule has 3 heterocycles. The van der Waals surface area contributed by atoms with Crippen LogP contribution in [0.15, 0.2) is 10.9 Å². The first-order valence-electron chi connectivity index (χ1n) is 5.67. The molecule has 4 nitrogen and oxygen atoms in total. The summed E-state index contributed by atoms with van der Waals surface area (Å²) >= 11 is 1.48. The lowest BCUT2D eigenvalue weighted by Gasteiger charge is -2.22. The number of nitrogens with one attached hydrogen (secondary N) is 1. The van der Waals surface area contributed by atoms with E-state index < -0.39 is 0 Å². The summed E-state index contributed by atoms with van der Waals surface area (Å²) in [7, 11) is 0. The van der Waals surface area contributed by atoms with Crippen LogP contribution in [0.25, 0.3) is 0 Å². The fourth-order valence-corrected chi connectivity index (χ4v) is 3.26. The fraction of sp³-hybridized carbons (Fsp3) is 0.636. The summed E-state index contributed by atoms with van der Waals surface area (Å²) in [6, 6.07) is 0. The van der Waals surface area contributed by atoms with Gasteiger partial charge in [0.2, 0.25) is 0 Å². The highest BCUT2D eigenvalue weighted by atomic mass is 35.5. The lowest BCUT2D eigenvalue weighted by atomic mass is 9.87. The number of halogens is 2. The van der Waals surface area contributed by atoms with Crippen molar-refractivity contribution in [1.29, 1.82) is 0 Å². The van der Waals surface area contributed by atoms with Crippen molar-refractivity contribution in [2.24, 2.45) is 5.41 Å². The third kappa shape index (κ3) is 2.79. The van der Waals surface area contributed by atoms with Gasteiger partial charge in [-0.05, 0) is 19.4 Å². The van der Waals surface area contributed by atoms with E-state index in [1.807, 2.05) is 10.3 Å². The van der Waals surface area contributed by atoms with Crippen molar-refractivity contribution in [2.45, 2.75) is 12.8 Å². The first-order chi connectivity index (χ1) is 7.79. The Morgan fingerprint density at radius 3 is 2.89 bits per heavy atom. The summed E-state index contributed by atoms with van der Waals surface area (Å²) in [5, 5.41) is 5.23. The van der Waals surface area contributed by atoms with Gasteiger partial charge >= 0.3 is 0 Å². The second kappa shape index (κ2) is 6.19. The Balaban J connectivity index is 0.000000810. The van der Waals surface area contributed by atoms with Crippen LogP contribution in [0, 0.1) is 5.41 Å². The van der Waals surface area contributed by atoms with Crippen LogP contribution < -0.4 is 5.32 Å². The van der Waals surface area contributed by atoms with Gasteiger partial charge in [-0.25, -0.2) is 4.98 Å². The number of thiazole rings is 1. The summed E-state index contributed by atoms with van der Waals surface area (Å²) < 4.78 is 0. The van der Waals surface area contributed by atoms with E-state index in [0.717, 1.165) is 32.6 Å². The average Bonchev–Trinajstić information content (AvgIpc) is 3.01. The number of carbonyl (C=O) groups excluding carboxylic acids is 1. The lowest BCUT2D eigenvalue weighted by Crippen LogP contribution is -2.33. The largest absolute Gasteiger partial charge is 0.337 e. The molecule has 1 atom stereocenters. The van der Waals surface area contributed by atoms with Gasteiger partial charge in [-0.3, -0.25) is 4.79 Å². The lowest BCUT2D eigenvalue weighted by molar-refractivity contribution is 0.0770. The highest BCUT2D eigenvalue weighted by Crippen LogP contribution is 2.36. The minimum absolute atomic E-state index is 0. The van der Waals surface area contributed by atoms with Crippen molar-refractivity contribution < 1.29 is 4.79 Å². The molecule has 2 fully saturated rings. The molecule has 2 saturated heterocycles. The molecule has 3 rings (SSSR count). The van der Waals surface area contributed by atoms with E-state index in [1.54, 1.807) is 5.51 Å². The molecule has 18 heavy (non-hydrogen) atoms. The van der Waals surface area contributed by atoms with Gasteiger partial charge in [0.05, 0.1) is 5.51 Å². The molecule has 1 amide bonds. The van der Waals surface area contributed by atoms with Crippen LogP contribution >= 0.6 is 36.2 Å². The summed E-state index contributed by atoms with van der Waals surface area (Å²) in [5.74, 6) is 0.102. The van der Waals surface area contributed by atoms with Gasteiger partial charge in [-0.1, -0.05) is 0 Å². The average molecular weight is 310 g/mol. The van der Waals surface area contributed by atoms with E-state index >= 15 is 0 Å². The summed E-state index contributed by atoms with van der Waals surface area (Å²) in [6.07, 6.45) is 2.34. The number of hydrogen-bond donors (Lipinski definition) is 1. The fourth-order valence-electron chi connectivity index (χ4n) is 2.73. The Kier molecular flexibility index (Phi) is 5.40. The highest BCUT2D eigenvalue weighted by molar-refractivity contribution is 7.07. The van der Waals surface area contributed by atoms with Crippen molar-refractivity contribution in [3.05, 3.63) is 16.6 Å². The van der Waals surface area contributed by atoms with Crippen molar-refractivity contribution in [2.75, 3.05) is 26.2 Å². The standard InChI is InChI=1S/C11H15N3OS.2ClH/c15-10(9-5-16-8-13-9)14-4-2-11(7-14)1-3-12-6-11;;/h5,8,12H,1-4,6-7H2;2*1H. The molecular formula is C11H17Cl2N3OS. The molecule has 1 aromatic rings. The molecule has 0 aliphatic carbocycles. The van der Waals surface area contributed by atoms with E-state index in [0.29, 0.717) is 11.1 Å². The number of hydrogen-bond acceptors (Lipinski definition) is 4. The maximum atomic E-state index is 12.1. The summed E-state index contributed by atoms with van der Waals surface area (Å²) in [6.45, 7) is 3.95. The SMILES string of the molecule is Cl.Cl.O=C(c1cscn1)N1CCC2(CCNC2)C1. The van der Waals surface area contributed by atoms with Crippen LogP contribution in [0.4, 0.5) is 0 Å². The third-order valence-electron chi connectivity index (χ3n) is 3.71. The van der Waals surface area contributed by atoms with Crippen LogP contribution in [0.5, 0.6) is 0 Å². The van der Waals surface area contributed by atoms with Gasteiger partial charge in [0.25, 0.3) is 5.91 Å². The molecule has 7 heteroatoms. The second-order valence-corrected chi connectivity index (χ2v) is 5.50. The van der Waals surface area contributed by atoms with Gasteiger partial charge in [0, 0.05) is 30.4 Å². The van der Waals surface area contributed by atoms with Crippen LogP contribution in [-0.4, -0.2) is 42.0 Å². The number of nitrogens with zero attached hydrogens (tertiary/aromatic N) is 2. The van der Waals surface area contributed by atoms with Crippen LogP contribution in [0.2, 0.25) is 0 Å². The Morgan fingerprint density at radius 2 is 2.28 bits per heavy atom. The summed E-state index contributed by atoms with van der Waals surface area (Å²) in [4.78, 5) is 18.1. The number of amides is 1. The molecule has 0 aromatic carbocycles. The van der Waals surface area contributed by atoms with Crippen molar-refractivity contribution in [3.8, 4) is 0 Å². The maximum Gasteiger partial charge on any atom is 0.273 e. The van der Waals surface area contributed by atoms with Crippen molar-refractivity contribution in [3.63, 3.8) is 0 Å². The van der Waals surface area contributed by atoms with Gasteiger partial charge in [-0.2, -0.15) is 0 Å². The minimum atomic E-state index is 0. The number of rotatable bonds is 1. The predicted molar refractivity (Wildman–Crippen MR) is 77.1 cm³/mol. The first-order valence-corrected chi connectivity index (χ1v) is 6.62. The molecule has 1 unspecified atom stereocenters. The van der Waals surface area contributed by atoms with E-state index in [2.05, 4.69) is 10.3 Å². The predicted octanol–water partition coefficient (Wildman–Crippen LogP) is 1.81. The second-order valence-electron chi connectivity index (χ2n) is 4.78. The van der Waals surface area contributed by atoms with Crippen LogP contribution in [-0.2, 0) is 0 Å². The first kappa shape index (κ1) is 15.7. The van der Waals surface area contributed by atoms with Crippen molar-refractivity contribution in [1.82, 2.24) is 15.2 Å². The molecule has 0 saturated carbocycles. The maximum absolute atomic E-state index is 12.1. The van der Waals surface area contributed by atoms with Crippen LogP contribution in [0.1, 0.15) is 23.3 Å². The minimum Gasteiger partial charge on any atom is -0.337 e. The van der Waals surface area contributed by atoms with Gasteiger partial charge in [0.1, 0.15) is 5.69 Å². The normalized spacial score (nSPS) is 25.9. The Morgan fingerprint density at radius 1 is 1.44 bits per heavy atom. The zero-order valence-electron chi connectivity index (χ0n) is 9.92. The van der Waals surface area contributed by atoms with E-state index in [1.165, 1.54) is 17.8 Å². The highest BCUT2D eigenvalue weighted by Gasteiger charge is 2.42. The smallest absolute Gasteiger partial charge is 0.273 e. The quantitative estimate of drug-likeness (QED) is 0.860. The molecule has 0 bridgehead atoms. The van der Waals surface area contributed by atoms with E-state index in [4.69, 9.17) is 0 Å². The third-order valence-corrected chi connectivity index (χ3v) is 4.30. The van der Waals surface area contributed by atoms with Gasteiger partial charge < -0.3 is 10.2 Å². The number of aromatic nitrogens is 1. The zero-order chi connectivity index (χ0) is 11.0. The van der Waals surface area contributed by atoms with E-state index in [9.17, 15) is 4.79 Å². The molecule has 1 aromatic heterocycles. The topological polar surface area (TPSA) is 45.2 Å². The molecule has 102 valence electrons. The van der Waals surface area contributed by atoms with Gasteiger partial charge in [0.15, 0.2) is 0 Å². The Bertz CT molecular complexity index is 393. The monoisotopic (exact) mass is 309 g/mol. The molecule has 1 spiro atoms. The molecule has 2 aliphatic rings. The molecular weight excluding hydrogens is 293 g/mol. The molecule has 1 N–H and O–H groups in total. The molecule has 2 aliphatic heterocycles. The van der Waals surface area contributed by atoms with Crippen molar-refractivity contribution >= 4 is 42.1 Å². The van der Waals surface area contributed by atoms with Crippen LogP contribution in [0.3, 0.4) is 0 Å². The van der Waals surface area contributed by atoms with E-state index in [-0.39, 0.29) is 30.7 Å².